The normalized spacial score (nSPS) is 12.8. The molecule has 0 aliphatic rings. The van der Waals surface area contributed by atoms with Crippen molar-refractivity contribution < 1.29 is 26.4 Å². The third kappa shape index (κ3) is 3.12. The van der Waals surface area contributed by atoms with E-state index in [1.807, 2.05) is 0 Å². The van der Waals surface area contributed by atoms with Crippen LogP contribution in [0.4, 0.5) is 13.2 Å². The van der Waals surface area contributed by atoms with E-state index < -0.39 is 29.8 Å². The van der Waals surface area contributed by atoms with Gasteiger partial charge in [0.2, 0.25) is 0 Å². The van der Waals surface area contributed by atoms with Crippen molar-refractivity contribution in [1.29, 1.82) is 0 Å². The van der Waals surface area contributed by atoms with Gasteiger partial charge in [-0.05, 0) is 12.1 Å². The summed E-state index contributed by atoms with van der Waals surface area (Å²) in [6.07, 6.45) is 0. The van der Waals surface area contributed by atoms with Crippen molar-refractivity contribution in [3.05, 3.63) is 29.8 Å². The SMILES string of the molecule is O=C(c1ccc(S(=O)(=O)C(F)(F)F)cc1)C(Br)Br. The lowest BCUT2D eigenvalue weighted by Gasteiger charge is -2.08. The molecule has 18 heavy (non-hydrogen) atoms. The molecule has 0 aliphatic heterocycles. The van der Waals surface area contributed by atoms with Crippen LogP contribution in [0.5, 0.6) is 0 Å². The van der Waals surface area contributed by atoms with Gasteiger partial charge >= 0.3 is 5.51 Å². The minimum atomic E-state index is -5.37. The number of rotatable bonds is 3. The fourth-order valence-electron chi connectivity index (χ4n) is 1.06. The number of benzene rings is 1. The fraction of sp³-hybridized carbons (Fsp3) is 0.222. The van der Waals surface area contributed by atoms with Crippen LogP contribution in [-0.2, 0) is 9.84 Å². The molecule has 0 atom stereocenters. The summed E-state index contributed by atoms with van der Waals surface area (Å²) >= 11 is 5.87. The van der Waals surface area contributed by atoms with Crippen molar-refractivity contribution in [3.63, 3.8) is 0 Å². The Kier molecular flexibility index (Phi) is 4.60. The quantitative estimate of drug-likeness (QED) is 0.568. The highest BCUT2D eigenvalue weighted by atomic mass is 79.9. The first-order valence-corrected chi connectivity index (χ1v) is 7.62. The van der Waals surface area contributed by atoms with Crippen LogP contribution in [0, 0.1) is 0 Å². The Morgan fingerprint density at radius 3 is 1.89 bits per heavy atom. The second kappa shape index (κ2) is 5.30. The van der Waals surface area contributed by atoms with E-state index in [-0.39, 0.29) is 5.56 Å². The number of hydrogen-bond donors (Lipinski definition) is 0. The molecule has 0 amide bonds. The van der Waals surface area contributed by atoms with Gasteiger partial charge in [-0.25, -0.2) is 8.42 Å². The maximum Gasteiger partial charge on any atom is 0.501 e. The molecule has 3 nitrogen and oxygen atoms in total. The predicted octanol–water partition coefficient (Wildman–Crippen LogP) is 3.28. The Hall–Kier alpha value is -0.410. The van der Waals surface area contributed by atoms with Crippen molar-refractivity contribution in [1.82, 2.24) is 0 Å². The number of carbonyl (C=O) groups is 1. The summed E-state index contributed by atoms with van der Waals surface area (Å²) < 4.78 is 58.1. The standard InChI is InChI=1S/C9H5Br2F3O3S/c10-8(11)7(15)5-1-3-6(4-2-5)18(16,17)9(12,13)14/h1-4,8H. The summed E-state index contributed by atoms with van der Waals surface area (Å²) in [7, 11) is -5.37. The highest BCUT2D eigenvalue weighted by Gasteiger charge is 2.46. The van der Waals surface area contributed by atoms with Crippen LogP contribution in [0.1, 0.15) is 10.4 Å². The first-order chi connectivity index (χ1) is 8.07. The van der Waals surface area contributed by atoms with E-state index in [0.29, 0.717) is 0 Å². The molecule has 0 radical (unpaired) electrons. The van der Waals surface area contributed by atoms with Gasteiger partial charge in [-0.3, -0.25) is 4.79 Å². The Morgan fingerprint density at radius 2 is 1.56 bits per heavy atom. The summed E-state index contributed by atoms with van der Waals surface area (Å²) in [5.74, 6) is -0.425. The zero-order valence-corrected chi connectivity index (χ0v) is 12.4. The summed E-state index contributed by atoms with van der Waals surface area (Å²) in [5, 5.41) is 0. The zero-order valence-electron chi connectivity index (χ0n) is 8.41. The molecule has 0 aliphatic carbocycles. The molecular weight excluding hydrogens is 405 g/mol. The smallest absolute Gasteiger partial charge is 0.292 e. The monoisotopic (exact) mass is 408 g/mol. The largest absolute Gasteiger partial charge is 0.501 e. The van der Waals surface area contributed by atoms with Crippen LogP contribution in [0.3, 0.4) is 0 Å². The van der Waals surface area contributed by atoms with Crippen molar-refractivity contribution >= 4 is 47.5 Å². The molecule has 9 heteroatoms. The summed E-state index contributed by atoms with van der Waals surface area (Å²) in [6, 6.07) is 3.55. The fourth-order valence-corrected chi connectivity index (χ4v) is 2.35. The van der Waals surface area contributed by atoms with Crippen LogP contribution in [0.25, 0.3) is 0 Å². The molecule has 0 saturated carbocycles. The molecule has 1 aromatic rings. The molecule has 0 saturated heterocycles. The highest BCUT2D eigenvalue weighted by molar-refractivity contribution is 9.25. The molecule has 1 rings (SSSR count). The maximum absolute atomic E-state index is 12.2. The van der Waals surface area contributed by atoms with Gasteiger partial charge in [-0.15, -0.1) is 0 Å². The van der Waals surface area contributed by atoms with E-state index in [1.165, 1.54) is 0 Å². The van der Waals surface area contributed by atoms with Gasteiger partial charge in [0.05, 0.1) is 4.90 Å². The molecule has 100 valence electrons. The first-order valence-electron chi connectivity index (χ1n) is 4.31. The van der Waals surface area contributed by atoms with E-state index in [4.69, 9.17) is 0 Å². The third-order valence-corrected chi connectivity index (χ3v) is 4.29. The molecule has 0 N–H and O–H groups in total. The topological polar surface area (TPSA) is 51.2 Å². The number of carbonyl (C=O) groups excluding carboxylic acids is 1. The minimum Gasteiger partial charge on any atom is -0.292 e. The third-order valence-electron chi connectivity index (χ3n) is 1.95. The van der Waals surface area contributed by atoms with Crippen LogP contribution in [-0.4, -0.2) is 23.4 Å². The van der Waals surface area contributed by atoms with Crippen molar-refractivity contribution in [3.8, 4) is 0 Å². The lowest BCUT2D eigenvalue weighted by atomic mass is 10.2. The average Bonchev–Trinajstić information content (AvgIpc) is 2.26. The second-order valence-corrected chi connectivity index (χ2v) is 8.14. The van der Waals surface area contributed by atoms with Gasteiger partial charge in [0, 0.05) is 5.56 Å². The Bertz CT molecular complexity index is 549. The van der Waals surface area contributed by atoms with E-state index in [1.54, 1.807) is 0 Å². The first kappa shape index (κ1) is 15.6. The van der Waals surface area contributed by atoms with Gasteiger partial charge in [-0.2, -0.15) is 13.2 Å². The van der Waals surface area contributed by atoms with E-state index in [2.05, 4.69) is 31.9 Å². The van der Waals surface area contributed by atoms with Gasteiger partial charge in [0.15, 0.2) is 5.78 Å². The van der Waals surface area contributed by atoms with E-state index in [0.717, 1.165) is 24.3 Å². The molecule has 1 aromatic carbocycles. The molecule has 0 fully saturated rings. The zero-order chi connectivity index (χ0) is 14.1. The summed E-state index contributed by atoms with van der Waals surface area (Å²) in [6.45, 7) is 0. The van der Waals surface area contributed by atoms with Crippen molar-refractivity contribution in [2.75, 3.05) is 0 Å². The number of halogens is 5. The van der Waals surface area contributed by atoms with Gasteiger partial charge in [0.25, 0.3) is 9.84 Å². The van der Waals surface area contributed by atoms with Crippen LogP contribution < -0.4 is 0 Å². The number of hydrogen-bond acceptors (Lipinski definition) is 3. The second-order valence-electron chi connectivity index (χ2n) is 3.14. The van der Waals surface area contributed by atoms with Gasteiger partial charge in [-0.1, -0.05) is 44.0 Å². The van der Waals surface area contributed by atoms with Crippen LogP contribution in [0.15, 0.2) is 29.2 Å². The van der Waals surface area contributed by atoms with Crippen LogP contribution >= 0.6 is 31.9 Å². The van der Waals surface area contributed by atoms with Gasteiger partial charge in [0.1, 0.15) is 3.74 Å². The number of Topliss-reactive ketones (excluding diaryl/α,β-unsaturated/α-hetero) is 1. The average molecular weight is 410 g/mol. The van der Waals surface area contributed by atoms with E-state index >= 15 is 0 Å². The molecule has 0 heterocycles. The molecule has 0 aromatic heterocycles. The minimum absolute atomic E-state index is 0.0925. The number of ketones is 1. The summed E-state index contributed by atoms with van der Waals surface area (Å²) in [5.41, 5.74) is -5.26. The van der Waals surface area contributed by atoms with Crippen molar-refractivity contribution in [2.45, 2.75) is 14.1 Å². The van der Waals surface area contributed by atoms with Crippen molar-refractivity contribution in [2.24, 2.45) is 0 Å². The van der Waals surface area contributed by atoms with E-state index in [9.17, 15) is 26.4 Å². The Morgan fingerprint density at radius 1 is 1.11 bits per heavy atom. The Labute approximate surface area is 118 Å². The maximum atomic E-state index is 12.2. The lowest BCUT2D eigenvalue weighted by Crippen LogP contribution is -2.23. The summed E-state index contributed by atoms with van der Waals surface area (Å²) in [4.78, 5) is 10.5. The number of sulfone groups is 1. The molecule has 0 spiro atoms. The molecular formula is C9H5Br2F3O3S. The van der Waals surface area contributed by atoms with Gasteiger partial charge < -0.3 is 0 Å². The predicted molar refractivity (Wildman–Crippen MR) is 65.7 cm³/mol. The lowest BCUT2D eigenvalue weighted by molar-refractivity contribution is -0.0436. The van der Waals surface area contributed by atoms with Crippen LogP contribution in [0.2, 0.25) is 0 Å². The Balaban J connectivity index is 3.16. The molecule has 0 unspecified atom stereocenters. The number of alkyl halides is 5. The highest BCUT2D eigenvalue weighted by Crippen LogP contribution is 2.30. The molecule has 0 bridgehead atoms.